The summed E-state index contributed by atoms with van der Waals surface area (Å²) in [4.78, 5) is 22.8. The van der Waals surface area contributed by atoms with Crippen molar-refractivity contribution in [3.63, 3.8) is 0 Å². The lowest BCUT2D eigenvalue weighted by Crippen LogP contribution is -2.52. The Balaban J connectivity index is 2.60. The number of carboxylic acids is 1. The minimum absolute atomic E-state index is 0.133. The molecule has 0 aliphatic heterocycles. The van der Waals surface area contributed by atoms with Crippen LogP contribution in [0.1, 0.15) is 19.8 Å². The van der Waals surface area contributed by atoms with Gasteiger partial charge in [0.25, 0.3) is 0 Å². The van der Waals surface area contributed by atoms with Gasteiger partial charge < -0.3 is 21.3 Å². The Morgan fingerprint density at radius 1 is 1.60 bits per heavy atom. The van der Waals surface area contributed by atoms with Gasteiger partial charge in [0.05, 0.1) is 6.10 Å². The number of nitrogens with one attached hydrogen (secondary N) is 1. The number of hydrogen-bond acceptors (Lipinski definition) is 4. The number of allylic oxidation sites excluding steroid dienone is 4. The van der Waals surface area contributed by atoms with Crippen molar-refractivity contribution < 1.29 is 24.2 Å². The lowest BCUT2D eigenvalue weighted by molar-refractivity contribution is -0.142. The summed E-state index contributed by atoms with van der Waals surface area (Å²) in [7, 11) is 0. The van der Waals surface area contributed by atoms with Crippen molar-refractivity contribution in [2.45, 2.75) is 38.0 Å². The van der Waals surface area contributed by atoms with Crippen molar-refractivity contribution >= 4 is 11.9 Å². The van der Waals surface area contributed by atoms with E-state index in [1.165, 1.54) is 19.1 Å². The van der Waals surface area contributed by atoms with Gasteiger partial charge >= 0.3 is 5.97 Å². The van der Waals surface area contributed by atoms with Crippen LogP contribution in [0.4, 0.5) is 4.39 Å². The first kappa shape index (κ1) is 16.3. The number of carboxylic acid groups (broad SMARTS) is 1. The highest BCUT2D eigenvalue weighted by molar-refractivity contribution is 5.87. The second kappa shape index (κ2) is 7.16. The molecule has 1 aliphatic rings. The van der Waals surface area contributed by atoms with Crippen molar-refractivity contribution in [1.82, 2.24) is 5.32 Å². The predicted octanol–water partition coefficient (Wildman–Crippen LogP) is 0.0835. The molecule has 0 radical (unpaired) electrons. The van der Waals surface area contributed by atoms with Crippen LogP contribution in [0.25, 0.3) is 0 Å². The van der Waals surface area contributed by atoms with Gasteiger partial charge in [0.15, 0.2) is 0 Å². The second-order valence-electron chi connectivity index (χ2n) is 4.85. The normalized spacial score (nSPS) is 22.6. The molecule has 0 saturated carbocycles. The summed E-state index contributed by atoms with van der Waals surface area (Å²) in [5, 5.41) is 20.6. The van der Waals surface area contributed by atoms with Crippen molar-refractivity contribution in [3.05, 3.63) is 24.1 Å². The molecule has 0 aromatic rings. The number of nitrogens with two attached hydrogens (primary N) is 1. The molecule has 6 nitrogen and oxygen atoms in total. The maximum Gasteiger partial charge on any atom is 0.326 e. The number of hydrogen-bond donors (Lipinski definition) is 4. The third-order valence-corrected chi connectivity index (χ3v) is 3.12. The molecule has 20 heavy (non-hydrogen) atoms. The number of aliphatic hydroxyl groups is 1. The molecule has 0 aromatic carbocycles. The Morgan fingerprint density at radius 2 is 2.25 bits per heavy atom. The van der Waals surface area contributed by atoms with E-state index in [4.69, 9.17) is 10.8 Å². The van der Waals surface area contributed by atoms with Gasteiger partial charge in [-0.15, -0.1) is 0 Å². The average Bonchev–Trinajstić information content (AvgIpc) is 2.39. The molecule has 0 aromatic heterocycles. The zero-order valence-electron chi connectivity index (χ0n) is 11.1. The van der Waals surface area contributed by atoms with E-state index >= 15 is 0 Å². The summed E-state index contributed by atoms with van der Waals surface area (Å²) < 4.78 is 12.8. The molecular formula is C13H19FN2O4. The molecule has 0 fully saturated rings. The fourth-order valence-electron chi connectivity index (χ4n) is 1.82. The maximum absolute atomic E-state index is 12.8. The van der Waals surface area contributed by atoms with E-state index in [1.54, 1.807) is 6.08 Å². The van der Waals surface area contributed by atoms with Gasteiger partial charge in [-0.05, 0) is 37.8 Å². The van der Waals surface area contributed by atoms with Crippen molar-refractivity contribution in [2.24, 2.45) is 11.7 Å². The number of rotatable bonds is 6. The molecule has 0 bridgehead atoms. The Bertz CT molecular complexity index is 434. The fraction of sp³-hybridized carbons (Fsp3) is 0.538. The van der Waals surface area contributed by atoms with E-state index in [0.29, 0.717) is 6.42 Å². The first-order chi connectivity index (χ1) is 9.31. The van der Waals surface area contributed by atoms with Gasteiger partial charge in [-0.25, -0.2) is 9.18 Å². The Kier molecular flexibility index (Phi) is 5.84. The van der Waals surface area contributed by atoms with Gasteiger partial charge in [0.1, 0.15) is 17.9 Å². The van der Waals surface area contributed by atoms with Crippen LogP contribution in [-0.2, 0) is 9.59 Å². The molecule has 4 atom stereocenters. The van der Waals surface area contributed by atoms with E-state index in [1.807, 2.05) is 0 Å². The first-order valence-electron chi connectivity index (χ1n) is 6.32. The summed E-state index contributed by atoms with van der Waals surface area (Å²) in [6, 6.07) is -2.31. The van der Waals surface area contributed by atoms with Crippen LogP contribution >= 0.6 is 0 Å². The average molecular weight is 286 g/mol. The van der Waals surface area contributed by atoms with E-state index in [2.05, 4.69) is 5.32 Å². The number of carbonyl (C=O) groups excluding carboxylic acids is 1. The maximum atomic E-state index is 12.8. The number of carbonyl (C=O) groups is 2. The molecule has 5 N–H and O–H groups in total. The minimum atomic E-state index is -1.19. The standard InChI is InChI=1S/C13H19FN2O4/c1-7(17)11(15)12(18)16-10(13(19)20)6-8-2-4-9(14)5-3-8/h2,4-5,7-8,10-11,17H,3,6,15H2,1H3,(H,16,18)(H,19,20)/t7-,8?,10-,11?/m1/s1. The van der Waals surface area contributed by atoms with Crippen LogP contribution in [0.5, 0.6) is 0 Å². The van der Waals surface area contributed by atoms with Crippen LogP contribution in [0.15, 0.2) is 24.1 Å². The van der Waals surface area contributed by atoms with Gasteiger partial charge in [0, 0.05) is 0 Å². The van der Waals surface area contributed by atoms with Crippen LogP contribution in [0, 0.1) is 5.92 Å². The van der Waals surface area contributed by atoms with Gasteiger partial charge in [-0.3, -0.25) is 4.79 Å². The molecule has 1 amide bonds. The molecule has 0 spiro atoms. The summed E-state index contributed by atoms with van der Waals surface area (Å²) >= 11 is 0. The number of amides is 1. The summed E-state index contributed by atoms with van der Waals surface area (Å²) in [6.45, 7) is 1.34. The quantitative estimate of drug-likeness (QED) is 0.552. The summed E-state index contributed by atoms with van der Waals surface area (Å²) in [5.41, 5.74) is 5.43. The van der Waals surface area contributed by atoms with Gasteiger partial charge in [-0.1, -0.05) is 6.08 Å². The van der Waals surface area contributed by atoms with Gasteiger partial charge in [-0.2, -0.15) is 0 Å². The monoisotopic (exact) mass is 286 g/mol. The van der Waals surface area contributed by atoms with Crippen molar-refractivity contribution in [1.29, 1.82) is 0 Å². The SMILES string of the molecule is C[C@@H](O)C(N)C(=O)N[C@H](CC1C=CC(F)=CC1)C(=O)O. The highest BCUT2D eigenvalue weighted by atomic mass is 19.1. The molecule has 0 saturated heterocycles. The summed E-state index contributed by atoms with van der Waals surface area (Å²) in [6.07, 6.45) is 3.66. The van der Waals surface area contributed by atoms with Crippen LogP contribution in [-0.4, -0.2) is 40.3 Å². The number of aliphatic hydroxyl groups excluding tert-OH is 1. The Labute approximate surface area is 116 Å². The molecule has 7 heteroatoms. The fourth-order valence-corrected chi connectivity index (χ4v) is 1.82. The Morgan fingerprint density at radius 3 is 2.70 bits per heavy atom. The van der Waals surface area contributed by atoms with Crippen LogP contribution in [0.3, 0.4) is 0 Å². The molecule has 112 valence electrons. The topological polar surface area (TPSA) is 113 Å². The molecule has 1 aliphatic carbocycles. The van der Waals surface area contributed by atoms with Gasteiger partial charge in [0.2, 0.25) is 5.91 Å². The molecule has 2 unspecified atom stereocenters. The lowest BCUT2D eigenvalue weighted by Gasteiger charge is -2.22. The van der Waals surface area contributed by atoms with E-state index in [-0.39, 0.29) is 18.2 Å². The smallest absolute Gasteiger partial charge is 0.326 e. The van der Waals surface area contributed by atoms with E-state index in [9.17, 15) is 19.1 Å². The van der Waals surface area contributed by atoms with Crippen molar-refractivity contribution in [2.75, 3.05) is 0 Å². The van der Waals surface area contributed by atoms with E-state index < -0.39 is 30.1 Å². The van der Waals surface area contributed by atoms with Crippen molar-refractivity contribution in [3.8, 4) is 0 Å². The number of aliphatic carboxylic acids is 1. The zero-order valence-corrected chi connectivity index (χ0v) is 11.1. The minimum Gasteiger partial charge on any atom is -0.480 e. The first-order valence-corrected chi connectivity index (χ1v) is 6.32. The lowest BCUT2D eigenvalue weighted by atomic mass is 9.93. The highest BCUT2D eigenvalue weighted by Crippen LogP contribution is 2.21. The van der Waals surface area contributed by atoms with Crippen LogP contribution in [0.2, 0.25) is 0 Å². The largest absolute Gasteiger partial charge is 0.480 e. The second-order valence-corrected chi connectivity index (χ2v) is 4.85. The highest BCUT2D eigenvalue weighted by Gasteiger charge is 2.27. The zero-order chi connectivity index (χ0) is 15.3. The number of halogens is 1. The third-order valence-electron chi connectivity index (χ3n) is 3.12. The molecule has 1 rings (SSSR count). The molecule has 0 heterocycles. The summed E-state index contributed by atoms with van der Waals surface area (Å²) in [5.74, 6) is -2.44. The van der Waals surface area contributed by atoms with Crippen LogP contribution < -0.4 is 11.1 Å². The third kappa shape index (κ3) is 4.75. The Hall–Kier alpha value is -1.73. The molecular weight excluding hydrogens is 267 g/mol. The predicted molar refractivity (Wildman–Crippen MR) is 70.3 cm³/mol. The van der Waals surface area contributed by atoms with E-state index in [0.717, 1.165) is 0 Å².